The van der Waals surface area contributed by atoms with E-state index in [-0.39, 0.29) is 16.5 Å². The van der Waals surface area contributed by atoms with E-state index in [0.29, 0.717) is 30.1 Å². The Labute approximate surface area is 188 Å². The number of sulfonamides is 1. The SMILES string of the molecule is CCC1(NC(=O)OCC2CC(c3cnc(Nc4ccc(S(N)(=O)=O)cc4)nc3)C2)CCC1. The molecule has 2 aliphatic rings. The number of ether oxygens (including phenoxy) is 1. The van der Waals surface area contributed by atoms with E-state index in [2.05, 4.69) is 27.5 Å². The summed E-state index contributed by atoms with van der Waals surface area (Å²) in [6, 6.07) is 6.07. The van der Waals surface area contributed by atoms with Gasteiger partial charge in [0.1, 0.15) is 0 Å². The van der Waals surface area contributed by atoms with Crippen LogP contribution >= 0.6 is 0 Å². The number of carbonyl (C=O) groups excluding carboxylic acids is 1. The molecular weight excluding hydrogens is 430 g/mol. The molecule has 1 amide bonds. The highest BCUT2D eigenvalue weighted by atomic mass is 32.2. The first-order valence-corrected chi connectivity index (χ1v) is 12.5. The van der Waals surface area contributed by atoms with E-state index in [0.717, 1.165) is 37.7 Å². The second-order valence-electron chi connectivity index (χ2n) is 8.78. The van der Waals surface area contributed by atoms with Crippen molar-refractivity contribution in [3.8, 4) is 0 Å². The van der Waals surface area contributed by atoms with Gasteiger partial charge < -0.3 is 15.4 Å². The molecule has 0 atom stereocenters. The van der Waals surface area contributed by atoms with Crippen LogP contribution in [0, 0.1) is 5.92 Å². The first kappa shape index (κ1) is 22.5. The maximum Gasteiger partial charge on any atom is 0.407 e. The lowest BCUT2D eigenvalue weighted by molar-refractivity contribution is 0.0757. The highest BCUT2D eigenvalue weighted by Crippen LogP contribution is 2.41. The third-order valence-corrected chi connectivity index (χ3v) is 7.55. The fraction of sp³-hybridized carbons (Fsp3) is 0.500. The van der Waals surface area contributed by atoms with Crippen LogP contribution in [0.15, 0.2) is 41.6 Å². The van der Waals surface area contributed by atoms with Crippen molar-refractivity contribution in [3.05, 3.63) is 42.2 Å². The standard InChI is InChI=1S/C22H29N5O4S/c1-2-22(8-3-9-22)27-21(28)31-14-15-10-16(11-15)17-12-24-20(25-13-17)26-18-4-6-19(7-5-18)32(23,29)30/h4-7,12-13,15-16H,2-3,8-11,14H2,1H3,(H,27,28)(H2,23,29,30)(H,24,25,26). The molecule has 2 aromatic rings. The predicted molar refractivity (Wildman–Crippen MR) is 120 cm³/mol. The smallest absolute Gasteiger partial charge is 0.407 e. The number of alkyl carbamates (subject to hydrolysis) is 1. The summed E-state index contributed by atoms with van der Waals surface area (Å²) in [6.45, 7) is 2.54. The van der Waals surface area contributed by atoms with Crippen LogP contribution in [0.1, 0.15) is 56.9 Å². The molecular formula is C22H29N5O4S. The Bertz CT molecular complexity index is 1040. The minimum Gasteiger partial charge on any atom is -0.449 e. The lowest BCUT2D eigenvalue weighted by Crippen LogP contribution is -2.53. The Hall–Kier alpha value is -2.72. The first-order chi connectivity index (χ1) is 15.3. The molecule has 2 saturated carbocycles. The fourth-order valence-corrected chi connectivity index (χ4v) is 4.75. The molecule has 2 fully saturated rings. The van der Waals surface area contributed by atoms with E-state index in [9.17, 15) is 13.2 Å². The number of aromatic nitrogens is 2. The van der Waals surface area contributed by atoms with Crippen LogP contribution in [0.5, 0.6) is 0 Å². The third kappa shape index (κ3) is 5.18. The van der Waals surface area contributed by atoms with Gasteiger partial charge in [-0.2, -0.15) is 0 Å². The number of benzene rings is 1. The van der Waals surface area contributed by atoms with E-state index in [1.165, 1.54) is 18.6 Å². The summed E-state index contributed by atoms with van der Waals surface area (Å²) >= 11 is 0. The molecule has 0 saturated heterocycles. The zero-order chi connectivity index (χ0) is 22.8. The maximum atomic E-state index is 12.1. The van der Waals surface area contributed by atoms with Crippen LogP contribution in [0.3, 0.4) is 0 Å². The first-order valence-electron chi connectivity index (χ1n) is 10.9. The number of nitrogens with one attached hydrogen (secondary N) is 2. The third-order valence-electron chi connectivity index (χ3n) is 6.62. The van der Waals surface area contributed by atoms with Gasteiger partial charge in [0.05, 0.1) is 11.5 Å². The highest BCUT2D eigenvalue weighted by molar-refractivity contribution is 7.89. The zero-order valence-corrected chi connectivity index (χ0v) is 18.9. The largest absolute Gasteiger partial charge is 0.449 e. The molecule has 4 rings (SSSR count). The quantitative estimate of drug-likeness (QED) is 0.550. The topological polar surface area (TPSA) is 136 Å². The molecule has 9 nitrogen and oxygen atoms in total. The fourth-order valence-electron chi connectivity index (χ4n) is 4.23. The molecule has 0 bridgehead atoms. The number of hydrogen-bond acceptors (Lipinski definition) is 7. The van der Waals surface area contributed by atoms with Crippen LogP contribution < -0.4 is 15.8 Å². The van der Waals surface area contributed by atoms with Gasteiger partial charge in [0.15, 0.2) is 0 Å². The highest BCUT2D eigenvalue weighted by Gasteiger charge is 2.37. The van der Waals surface area contributed by atoms with Crippen molar-refractivity contribution in [3.63, 3.8) is 0 Å². The number of nitrogens with zero attached hydrogens (tertiary/aromatic N) is 2. The summed E-state index contributed by atoms with van der Waals surface area (Å²) < 4.78 is 28.1. The van der Waals surface area contributed by atoms with Crippen molar-refractivity contribution in [1.29, 1.82) is 0 Å². The van der Waals surface area contributed by atoms with E-state index >= 15 is 0 Å². The van der Waals surface area contributed by atoms with Gasteiger partial charge in [-0.25, -0.2) is 28.3 Å². The van der Waals surface area contributed by atoms with Crippen molar-refractivity contribution in [2.45, 2.75) is 61.8 Å². The number of primary sulfonamides is 1. The molecule has 2 aliphatic carbocycles. The molecule has 32 heavy (non-hydrogen) atoms. The molecule has 0 radical (unpaired) electrons. The molecule has 0 aliphatic heterocycles. The summed E-state index contributed by atoms with van der Waals surface area (Å²) in [6.07, 6.45) is 9.36. The Kier molecular flexibility index (Phi) is 6.34. The van der Waals surface area contributed by atoms with Gasteiger partial charge in [0, 0.05) is 23.6 Å². The Balaban J connectivity index is 1.21. The van der Waals surface area contributed by atoms with Crippen molar-refractivity contribution >= 4 is 27.8 Å². The summed E-state index contributed by atoms with van der Waals surface area (Å²) in [5.41, 5.74) is 1.67. The van der Waals surface area contributed by atoms with E-state index in [1.54, 1.807) is 24.5 Å². The van der Waals surface area contributed by atoms with Crippen molar-refractivity contribution in [2.24, 2.45) is 11.1 Å². The van der Waals surface area contributed by atoms with Gasteiger partial charge in [-0.3, -0.25) is 0 Å². The number of hydrogen-bond donors (Lipinski definition) is 3. The molecule has 172 valence electrons. The van der Waals surface area contributed by atoms with Crippen LogP contribution in [0.4, 0.5) is 16.4 Å². The molecule has 1 heterocycles. The number of nitrogens with two attached hydrogens (primary N) is 1. The van der Waals surface area contributed by atoms with Crippen LogP contribution in [0.25, 0.3) is 0 Å². The van der Waals surface area contributed by atoms with Gasteiger partial charge in [-0.15, -0.1) is 0 Å². The Morgan fingerprint density at radius 1 is 1.19 bits per heavy atom. The van der Waals surface area contributed by atoms with Crippen molar-refractivity contribution < 1.29 is 17.9 Å². The average Bonchev–Trinajstić information content (AvgIpc) is 2.70. The monoisotopic (exact) mass is 459 g/mol. The second kappa shape index (κ2) is 9.03. The van der Waals surface area contributed by atoms with Gasteiger partial charge in [0.2, 0.25) is 16.0 Å². The molecule has 1 aromatic heterocycles. The summed E-state index contributed by atoms with van der Waals surface area (Å²) in [4.78, 5) is 20.8. The maximum absolute atomic E-state index is 12.1. The lowest BCUT2D eigenvalue weighted by atomic mass is 9.72. The number of carbonyl (C=O) groups is 1. The summed E-state index contributed by atoms with van der Waals surface area (Å²) in [5, 5.41) is 11.2. The molecule has 0 spiro atoms. The Morgan fingerprint density at radius 3 is 2.38 bits per heavy atom. The van der Waals surface area contributed by atoms with Gasteiger partial charge in [-0.05, 0) is 80.2 Å². The number of rotatable bonds is 8. The predicted octanol–water partition coefficient (Wildman–Crippen LogP) is 3.42. The molecule has 1 aromatic carbocycles. The Morgan fingerprint density at radius 2 is 1.84 bits per heavy atom. The van der Waals surface area contributed by atoms with Crippen LogP contribution in [-0.2, 0) is 14.8 Å². The average molecular weight is 460 g/mol. The zero-order valence-electron chi connectivity index (χ0n) is 18.1. The minimum absolute atomic E-state index is 0.0451. The molecule has 0 unspecified atom stereocenters. The van der Waals surface area contributed by atoms with Gasteiger partial charge >= 0.3 is 6.09 Å². The van der Waals surface area contributed by atoms with Crippen molar-refractivity contribution in [2.75, 3.05) is 11.9 Å². The van der Waals surface area contributed by atoms with E-state index < -0.39 is 10.0 Å². The number of anilines is 2. The second-order valence-corrected chi connectivity index (χ2v) is 10.3. The van der Waals surface area contributed by atoms with Crippen molar-refractivity contribution in [1.82, 2.24) is 15.3 Å². The van der Waals surface area contributed by atoms with Crippen LogP contribution in [0.2, 0.25) is 0 Å². The molecule has 4 N–H and O–H groups in total. The normalized spacial score (nSPS) is 21.7. The lowest BCUT2D eigenvalue weighted by Gasteiger charge is -2.41. The van der Waals surface area contributed by atoms with E-state index in [1.807, 2.05) is 0 Å². The summed E-state index contributed by atoms with van der Waals surface area (Å²) in [7, 11) is -3.72. The van der Waals surface area contributed by atoms with E-state index in [4.69, 9.17) is 9.88 Å². The van der Waals surface area contributed by atoms with Crippen LogP contribution in [-0.4, -0.2) is 36.6 Å². The molecule has 10 heteroatoms. The summed E-state index contributed by atoms with van der Waals surface area (Å²) in [5.74, 6) is 1.15. The van der Waals surface area contributed by atoms with Gasteiger partial charge in [0.25, 0.3) is 0 Å². The van der Waals surface area contributed by atoms with Gasteiger partial charge in [-0.1, -0.05) is 6.92 Å². The minimum atomic E-state index is -3.72. The number of amides is 1.